The molecule has 0 saturated carbocycles. The second-order valence-electron chi connectivity index (χ2n) is 4.23. The third-order valence-corrected chi connectivity index (χ3v) is 3.02. The van der Waals surface area contributed by atoms with Crippen molar-refractivity contribution in [2.75, 3.05) is 18.5 Å². The van der Waals surface area contributed by atoms with Crippen molar-refractivity contribution in [3.8, 4) is 0 Å². The molecule has 1 rings (SSSR count). The first-order valence-corrected chi connectivity index (χ1v) is 6.97. The number of hydrogen-bond acceptors (Lipinski definition) is 4. The number of benzene rings is 1. The van der Waals surface area contributed by atoms with E-state index in [9.17, 15) is 23.1 Å². The van der Waals surface area contributed by atoms with E-state index in [0.717, 1.165) is 6.07 Å². The molecule has 1 atom stereocenters. The van der Waals surface area contributed by atoms with Crippen LogP contribution in [0.25, 0.3) is 0 Å². The maximum Gasteiger partial charge on any atom is 0.418 e. The Kier molecular flexibility index (Phi) is 6.47. The lowest BCUT2D eigenvalue weighted by molar-refractivity contribution is -0.145. The third kappa shape index (κ3) is 5.92. The molecule has 0 aliphatic rings. The fourth-order valence-corrected chi connectivity index (χ4v) is 1.98. The summed E-state index contributed by atoms with van der Waals surface area (Å²) in [7, 11) is 0. The summed E-state index contributed by atoms with van der Waals surface area (Å²) in [5.74, 6) is -0.598. The van der Waals surface area contributed by atoms with Crippen LogP contribution in [0.4, 0.5) is 18.9 Å². The standard InChI is InChI=1S/C13H15BrF3NO3/c1-2-21-12(20)6-9(19)7-18-11-4-3-8(14)5-10(11)13(15,16)17/h3-5,9,18-19H,2,6-7H2,1H3. The Morgan fingerprint density at radius 1 is 1.48 bits per heavy atom. The van der Waals surface area contributed by atoms with E-state index in [1.807, 2.05) is 0 Å². The molecule has 0 aliphatic carbocycles. The number of halogens is 4. The molecule has 0 bridgehead atoms. The molecule has 1 unspecified atom stereocenters. The summed E-state index contributed by atoms with van der Waals surface area (Å²) in [5, 5.41) is 12.1. The minimum absolute atomic E-state index is 0.159. The number of alkyl halides is 3. The largest absolute Gasteiger partial charge is 0.466 e. The van der Waals surface area contributed by atoms with Gasteiger partial charge >= 0.3 is 12.1 Å². The van der Waals surface area contributed by atoms with Crippen LogP contribution in [0.15, 0.2) is 22.7 Å². The quantitative estimate of drug-likeness (QED) is 0.756. The van der Waals surface area contributed by atoms with Gasteiger partial charge in [0.2, 0.25) is 0 Å². The number of aliphatic hydroxyl groups is 1. The first-order valence-electron chi connectivity index (χ1n) is 6.18. The van der Waals surface area contributed by atoms with Gasteiger partial charge < -0.3 is 15.2 Å². The van der Waals surface area contributed by atoms with Crippen LogP contribution in [0.1, 0.15) is 18.9 Å². The van der Waals surface area contributed by atoms with Crippen molar-refractivity contribution in [3.05, 3.63) is 28.2 Å². The number of rotatable bonds is 6. The summed E-state index contributed by atoms with van der Waals surface area (Å²) >= 11 is 2.98. The molecule has 8 heteroatoms. The minimum atomic E-state index is -4.52. The fraction of sp³-hybridized carbons (Fsp3) is 0.462. The van der Waals surface area contributed by atoms with Gasteiger partial charge in [-0.2, -0.15) is 13.2 Å². The zero-order chi connectivity index (χ0) is 16.0. The van der Waals surface area contributed by atoms with Crippen LogP contribution in [0, 0.1) is 0 Å². The Bertz CT molecular complexity index is 494. The molecule has 0 amide bonds. The molecular formula is C13H15BrF3NO3. The van der Waals surface area contributed by atoms with Crippen molar-refractivity contribution >= 4 is 27.6 Å². The van der Waals surface area contributed by atoms with Crippen LogP contribution in [-0.4, -0.2) is 30.3 Å². The topological polar surface area (TPSA) is 58.6 Å². The van der Waals surface area contributed by atoms with E-state index in [1.54, 1.807) is 6.92 Å². The summed E-state index contributed by atoms with van der Waals surface area (Å²) in [5.41, 5.74) is -1.01. The predicted octanol–water partition coefficient (Wildman–Crippen LogP) is 3.19. The van der Waals surface area contributed by atoms with E-state index in [4.69, 9.17) is 0 Å². The molecule has 0 spiro atoms. The molecule has 0 saturated heterocycles. The zero-order valence-corrected chi connectivity index (χ0v) is 12.8. The van der Waals surface area contributed by atoms with E-state index in [2.05, 4.69) is 26.0 Å². The van der Waals surface area contributed by atoms with Gasteiger partial charge in [0.05, 0.1) is 24.7 Å². The van der Waals surface area contributed by atoms with Crippen LogP contribution in [0.5, 0.6) is 0 Å². The maximum atomic E-state index is 12.9. The van der Waals surface area contributed by atoms with Crippen molar-refractivity contribution in [3.63, 3.8) is 0 Å². The lowest BCUT2D eigenvalue weighted by atomic mass is 10.1. The molecule has 0 aliphatic heterocycles. The van der Waals surface area contributed by atoms with Crippen LogP contribution < -0.4 is 5.32 Å². The Labute approximate surface area is 128 Å². The highest BCUT2D eigenvalue weighted by Gasteiger charge is 2.33. The first-order chi connectivity index (χ1) is 9.74. The Hall–Kier alpha value is -1.28. The molecule has 4 nitrogen and oxygen atoms in total. The number of nitrogens with one attached hydrogen (secondary N) is 1. The maximum absolute atomic E-state index is 12.9. The predicted molar refractivity (Wildman–Crippen MR) is 74.9 cm³/mol. The SMILES string of the molecule is CCOC(=O)CC(O)CNc1ccc(Br)cc1C(F)(F)F. The Morgan fingerprint density at radius 3 is 2.71 bits per heavy atom. The molecule has 0 aromatic heterocycles. The van der Waals surface area contributed by atoms with Gasteiger partial charge in [0.1, 0.15) is 0 Å². The number of ether oxygens (including phenoxy) is 1. The van der Waals surface area contributed by atoms with Crippen LogP contribution in [0.2, 0.25) is 0 Å². The molecule has 2 N–H and O–H groups in total. The van der Waals surface area contributed by atoms with Gasteiger partial charge in [0.15, 0.2) is 0 Å². The summed E-state index contributed by atoms with van der Waals surface area (Å²) in [6.07, 6.45) is -5.93. The average Bonchev–Trinajstić information content (AvgIpc) is 2.36. The molecule has 0 fully saturated rings. The smallest absolute Gasteiger partial charge is 0.418 e. The molecular weight excluding hydrogens is 355 g/mol. The molecule has 0 heterocycles. The van der Waals surface area contributed by atoms with Crippen molar-refractivity contribution in [1.29, 1.82) is 0 Å². The highest BCUT2D eigenvalue weighted by molar-refractivity contribution is 9.10. The number of anilines is 1. The zero-order valence-electron chi connectivity index (χ0n) is 11.2. The van der Waals surface area contributed by atoms with Gasteiger partial charge in [-0.05, 0) is 25.1 Å². The summed E-state index contributed by atoms with van der Waals surface area (Å²) in [6, 6.07) is 3.65. The molecule has 1 aromatic carbocycles. The summed E-state index contributed by atoms with van der Waals surface area (Å²) in [4.78, 5) is 11.1. The van der Waals surface area contributed by atoms with Gasteiger partial charge in [-0.3, -0.25) is 4.79 Å². The van der Waals surface area contributed by atoms with Gasteiger partial charge in [-0.25, -0.2) is 0 Å². The minimum Gasteiger partial charge on any atom is -0.466 e. The van der Waals surface area contributed by atoms with Crippen molar-refractivity contribution < 1.29 is 27.8 Å². The van der Waals surface area contributed by atoms with Crippen LogP contribution in [0.3, 0.4) is 0 Å². The molecule has 0 radical (unpaired) electrons. The van der Waals surface area contributed by atoms with Crippen molar-refractivity contribution in [1.82, 2.24) is 0 Å². The van der Waals surface area contributed by atoms with Crippen molar-refractivity contribution in [2.45, 2.75) is 25.6 Å². The second-order valence-corrected chi connectivity index (χ2v) is 5.15. The number of aliphatic hydroxyl groups excluding tert-OH is 1. The Balaban J connectivity index is 2.69. The van der Waals surface area contributed by atoms with Crippen molar-refractivity contribution in [2.24, 2.45) is 0 Å². The average molecular weight is 370 g/mol. The summed E-state index contributed by atoms with van der Waals surface area (Å²) < 4.78 is 43.5. The first kappa shape index (κ1) is 17.8. The molecule has 1 aromatic rings. The fourth-order valence-electron chi connectivity index (χ4n) is 1.62. The highest BCUT2D eigenvalue weighted by atomic mass is 79.9. The monoisotopic (exact) mass is 369 g/mol. The molecule has 21 heavy (non-hydrogen) atoms. The van der Waals surface area contributed by atoms with Gasteiger partial charge in [-0.15, -0.1) is 0 Å². The van der Waals surface area contributed by atoms with E-state index < -0.39 is 23.8 Å². The van der Waals surface area contributed by atoms with E-state index in [0.29, 0.717) is 4.47 Å². The van der Waals surface area contributed by atoms with E-state index >= 15 is 0 Å². The van der Waals surface area contributed by atoms with E-state index in [-0.39, 0.29) is 25.3 Å². The van der Waals surface area contributed by atoms with Gasteiger partial charge in [0, 0.05) is 16.7 Å². The molecule has 118 valence electrons. The summed E-state index contributed by atoms with van der Waals surface area (Å²) in [6.45, 7) is 1.62. The highest BCUT2D eigenvalue weighted by Crippen LogP contribution is 2.36. The lowest BCUT2D eigenvalue weighted by Crippen LogP contribution is -2.25. The number of esters is 1. The number of carbonyl (C=O) groups is 1. The van der Waals surface area contributed by atoms with E-state index in [1.165, 1.54) is 12.1 Å². The number of carbonyl (C=O) groups excluding carboxylic acids is 1. The third-order valence-electron chi connectivity index (χ3n) is 2.52. The number of hydrogen-bond donors (Lipinski definition) is 2. The Morgan fingerprint density at radius 2 is 2.14 bits per heavy atom. The van der Waals surface area contributed by atoms with Crippen LogP contribution >= 0.6 is 15.9 Å². The van der Waals surface area contributed by atoms with Gasteiger partial charge in [-0.1, -0.05) is 15.9 Å². The lowest BCUT2D eigenvalue weighted by Gasteiger charge is -2.17. The van der Waals surface area contributed by atoms with Crippen LogP contribution in [-0.2, 0) is 15.7 Å². The second kappa shape index (κ2) is 7.65. The normalized spacial score (nSPS) is 12.9. The van der Waals surface area contributed by atoms with Gasteiger partial charge in [0.25, 0.3) is 0 Å².